The van der Waals surface area contributed by atoms with E-state index in [1.165, 1.54) is 10.8 Å². The molecular weight excluding hydrogens is 580 g/mol. The lowest BCUT2D eigenvalue weighted by molar-refractivity contribution is 1.05. The van der Waals surface area contributed by atoms with Gasteiger partial charge >= 0.3 is 0 Å². The summed E-state index contributed by atoms with van der Waals surface area (Å²) in [5, 5.41) is 3.50. The minimum atomic E-state index is 0.679. The first kappa shape index (κ1) is 24.6. The topological polar surface area (TPSA) is 43.6 Å². The summed E-state index contributed by atoms with van der Waals surface area (Å²) < 4.78 is 3.22. The molecule has 0 unspecified atom stereocenters. The zero-order valence-electron chi connectivity index (χ0n) is 22.4. The lowest BCUT2D eigenvalue weighted by atomic mass is 9.99. The van der Waals surface area contributed by atoms with Crippen LogP contribution in [0.15, 0.2) is 144 Å². The zero-order valence-corrected chi connectivity index (χ0v) is 24.0. The van der Waals surface area contributed by atoms with Crippen LogP contribution in [-0.2, 0) is 0 Å². The van der Waals surface area contributed by atoms with Crippen LogP contribution in [0.4, 0.5) is 0 Å². The van der Waals surface area contributed by atoms with Gasteiger partial charge in [0.1, 0.15) is 5.82 Å². The Morgan fingerprint density at radius 1 is 0.548 bits per heavy atom. The van der Waals surface area contributed by atoms with Crippen molar-refractivity contribution in [1.82, 2.24) is 19.5 Å². The van der Waals surface area contributed by atoms with E-state index < -0.39 is 0 Å². The summed E-state index contributed by atoms with van der Waals surface area (Å²) in [6.45, 7) is 0. The molecule has 0 bridgehead atoms. The van der Waals surface area contributed by atoms with E-state index in [2.05, 4.69) is 130 Å². The number of benzene rings is 5. The van der Waals surface area contributed by atoms with Crippen LogP contribution in [0.3, 0.4) is 0 Å². The Morgan fingerprint density at radius 3 is 2.02 bits per heavy atom. The number of hydrogen-bond acceptors (Lipinski definition) is 3. The quantitative estimate of drug-likeness (QED) is 0.201. The average Bonchev–Trinajstić information content (AvgIpc) is 3.39. The molecule has 0 atom stereocenters. The van der Waals surface area contributed by atoms with Crippen molar-refractivity contribution in [2.24, 2.45) is 0 Å². The molecule has 0 fully saturated rings. The molecule has 3 heterocycles. The van der Waals surface area contributed by atoms with Crippen molar-refractivity contribution in [2.75, 3.05) is 0 Å². The standard InChI is InChI=1S/C37H23BrN4/c38-28-21-26(29-16-8-12-24-13-9-19-39-36(24)29)20-27(22-28)32-23-35(41-37(40-32)25-10-2-1-3-11-25)42-33-17-6-4-14-30(33)31-15-5-7-18-34(31)42/h1-23H. The van der Waals surface area contributed by atoms with E-state index in [1.807, 2.05) is 30.5 Å². The Bertz CT molecular complexity index is 2210. The molecule has 5 aromatic carbocycles. The number of halogens is 1. The first-order valence-corrected chi connectivity index (χ1v) is 14.6. The fraction of sp³-hybridized carbons (Fsp3) is 0. The molecule has 4 nitrogen and oxygen atoms in total. The van der Waals surface area contributed by atoms with Gasteiger partial charge in [-0.3, -0.25) is 9.55 Å². The number of pyridine rings is 1. The van der Waals surface area contributed by atoms with Crippen LogP contribution in [0.2, 0.25) is 0 Å². The van der Waals surface area contributed by atoms with Crippen molar-refractivity contribution in [2.45, 2.75) is 0 Å². The van der Waals surface area contributed by atoms with Gasteiger partial charge in [-0.1, -0.05) is 107 Å². The van der Waals surface area contributed by atoms with Crippen molar-refractivity contribution in [1.29, 1.82) is 0 Å². The van der Waals surface area contributed by atoms with E-state index in [-0.39, 0.29) is 0 Å². The predicted octanol–water partition coefficient (Wildman–Crippen LogP) is 9.89. The molecule has 0 radical (unpaired) electrons. The molecule has 0 aliphatic rings. The smallest absolute Gasteiger partial charge is 0.162 e. The largest absolute Gasteiger partial charge is 0.294 e. The van der Waals surface area contributed by atoms with Crippen LogP contribution < -0.4 is 0 Å². The Hall–Kier alpha value is -5.13. The summed E-state index contributed by atoms with van der Waals surface area (Å²) in [6.07, 6.45) is 1.85. The fourth-order valence-electron chi connectivity index (χ4n) is 5.81. The lowest BCUT2D eigenvalue weighted by Gasteiger charge is -2.13. The van der Waals surface area contributed by atoms with Crippen LogP contribution in [0, 0.1) is 0 Å². The van der Waals surface area contributed by atoms with Crippen molar-refractivity contribution in [3.05, 3.63) is 144 Å². The molecule has 8 rings (SSSR count). The molecule has 3 aromatic heterocycles. The summed E-state index contributed by atoms with van der Waals surface area (Å²) in [5.74, 6) is 1.50. The third kappa shape index (κ3) is 4.18. The Balaban J connectivity index is 1.39. The summed E-state index contributed by atoms with van der Waals surface area (Å²) in [5.41, 5.74) is 8.15. The van der Waals surface area contributed by atoms with E-state index in [0.29, 0.717) is 5.82 Å². The minimum absolute atomic E-state index is 0.679. The average molecular weight is 604 g/mol. The van der Waals surface area contributed by atoms with Crippen molar-refractivity contribution < 1.29 is 0 Å². The molecule has 0 aliphatic carbocycles. The molecule has 0 spiro atoms. The highest BCUT2D eigenvalue weighted by Crippen LogP contribution is 2.36. The van der Waals surface area contributed by atoms with Crippen LogP contribution >= 0.6 is 15.9 Å². The lowest BCUT2D eigenvalue weighted by Crippen LogP contribution is -2.02. The minimum Gasteiger partial charge on any atom is -0.294 e. The van der Waals surface area contributed by atoms with E-state index in [1.54, 1.807) is 0 Å². The zero-order chi connectivity index (χ0) is 28.0. The molecule has 0 amide bonds. The fourth-order valence-corrected chi connectivity index (χ4v) is 6.31. The van der Waals surface area contributed by atoms with Crippen molar-refractivity contribution in [3.8, 4) is 39.6 Å². The molecule has 0 N–H and O–H groups in total. The Kier molecular flexibility index (Phi) is 5.90. The second-order valence-electron chi connectivity index (χ2n) is 10.3. The van der Waals surface area contributed by atoms with Gasteiger partial charge < -0.3 is 0 Å². The third-order valence-corrected chi connectivity index (χ3v) is 8.15. The second kappa shape index (κ2) is 10.1. The first-order chi connectivity index (χ1) is 20.7. The van der Waals surface area contributed by atoms with E-state index >= 15 is 0 Å². The third-order valence-electron chi connectivity index (χ3n) is 7.69. The van der Waals surface area contributed by atoms with Gasteiger partial charge in [0.15, 0.2) is 5.82 Å². The van der Waals surface area contributed by atoms with Gasteiger partial charge in [0.25, 0.3) is 0 Å². The molecular formula is C37H23BrN4. The highest BCUT2D eigenvalue weighted by atomic mass is 79.9. The number of rotatable bonds is 4. The van der Waals surface area contributed by atoms with Crippen molar-refractivity contribution >= 4 is 48.6 Å². The van der Waals surface area contributed by atoms with Crippen LogP contribution in [0.5, 0.6) is 0 Å². The van der Waals surface area contributed by atoms with E-state index in [0.717, 1.165) is 60.2 Å². The van der Waals surface area contributed by atoms with Crippen LogP contribution in [-0.4, -0.2) is 19.5 Å². The van der Waals surface area contributed by atoms with Gasteiger partial charge in [-0.25, -0.2) is 9.97 Å². The number of hydrogen-bond donors (Lipinski definition) is 0. The van der Waals surface area contributed by atoms with Gasteiger partial charge in [0.2, 0.25) is 0 Å². The maximum Gasteiger partial charge on any atom is 0.162 e. The van der Waals surface area contributed by atoms with Gasteiger partial charge in [-0.15, -0.1) is 0 Å². The van der Waals surface area contributed by atoms with Crippen molar-refractivity contribution in [3.63, 3.8) is 0 Å². The van der Waals surface area contributed by atoms with E-state index in [9.17, 15) is 0 Å². The highest BCUT2D eigenvalue weighted by Gasteiger charge is 2.17. The number of para-hydroxylation sites is 3. The monoisotopic (exact) mass is 602 g/mol. The summed E-state index contributed by atoms with van der Waals surface area (Å²) in [7, 11) is 0. The number of aromatic nitrogens is 4. The summed E-state index contributed by atoms with van der Waals surface area (Å²) in [4.78, 5) is 15.0. The van der Waals surface area contributed by atoms with Crippen LogP contribution in [0.1, 0.15) is 0 Å². The maximum absolute atomic E-state index is 5.15. The van der Waals surface area contributed by atoms with Gasteiger partial charge in [0.05, 0.1) is 22.2 Å². The first-order valence-electron chi connectivity index (χ1n) is 13.8. The molecule has 42 heavy (non-hydrogen) atoms. The maximum atomic E-state index is 5.15. The van der Waals surface area contributed by atoms with Gasteiger partial charge in [0, 0.05) is 49.6 Å². The molecule has 198 valence electrons. The number of fused-ring (bicyclic) bond motifs is 4. The highest BCUT2D eigenvalue weighted by molar-refractivity contribution is 9.10. The molecule has 0 saturated heterocycles. The Morgan fingerprint density at radius 2 is 1.24 bits per heavy atom. The van der Waals surface area contributed by atoms with Crippen LogP contribution in [0.25, 0.3) is 72.3 Å². The van der Waals surface area contributed by atoms with E-state index in [4.69, 9.17) is 15.0 Å². The normalized spacial score (nSPS) is 11.5. The SMILES string of the molecule is Brc1cc(-c2cc(-n3c4ccccc4c4ccccc43)nc(-c3ccccc3)n2)cc(-c2cccc3cccnc23)c1. The molecule has 5 heteroatoms. The predicted molar refractivity (Wildman–Crippen MR) is 176 cm³/mol. The Labute approximate surface area is 251 Å². The second-order valence-corrected chi connectivity index (χ2v) is 11.2. The molecule has 0 aliphatic heterocycles. The van der Waals surface area contributed by atoms with Gasteiger partial charge in [-0.2, -0.15) is 0 Å². The summed E-state index contributed by atoms with van der Waals surface area (Å²) >= 11 is 3.79. The summed E-state index contributed by atoms with van der Waals surface area (Å²) in [6, 6.07) is 46.1. The van der Waals surface area contributed by atoms with Gasteiger partial charge in [-0.05, 0) is 42.0 Å². The number of nitrogens with zero attached hydrogens (tertiary/aromatic N) is 4. The molecule has 0 saturated carbocycles. The molecule has 8 aromatic rings.